The number of Topliss-reactive ketones (excluding diaryl/α,β-unsaturated/α-hetero) is 1. The zero-order valence-corrected chi connectivity index (χ0v) is 7.15. The molecule has 2 rings (SSSR count). The highest BCUT2D eigenvalue weighted by atomic mass is 16.6. The van der Waals surface area contributed by atoms with Crippen molar-refractivity contribution in [2.45, 2.75) is 31.3 Å². The molecule has 0 aromatic carbocycles. The van der Waals surface area contributed by atoms with Crippen LogP contribution in [-0.4, -0.2) is 43.9 Å². The summed E-state index contributed by atoms with van der Waals surface area (Å²) >= 11 is 0. The van der Waals surface area contributed by atoms with Crippen molar-refractivity contribution in [2.75, 3.05) is 13.7 Å². The van der Waals surface area contributed by atoms with Crippen molar-refractivity contribution in [3.63, 3.8) is 0 Å². The highest BCUT2D eigenvalue weighted by Gasteiger charge is 2.50. The number of carbonyl (C=O) groups excluding carboxylic acids is 1. The minimum Gasteiger partial charge on any atom is -0.376 e. The van der Waals surface area contributed by atoms with Gasteiger partial charge in [-0.1, -0.05) is 0 Å². The fourth-order valence-electron chi connectivity index (χ4n) is 1.72. The first-order valence-electron chi connectivity index (χ1n) is 4.07. The molecule has 0 aromatic rings. The number of fused-ring (bicyclic) bond motifs is 1. The minimum atomic E-state index is -0.384. The van der Waals surface area contributed by atoms with Crippen LogP contribution in [0.15, 0.2) is 0 Å². The monoisotopic (exact) mass is 172 g/mol. The Morgan fingerprint density at radius 1 is 1.58 bits per heavy atom. The lowest BCUT2D eigenvalue weighted by molar-refractivity contribution is -0.129. The quantitative estimate of drug-likeness (QED) is 0.547. The van der Waals surface area contributed by atoms with Crippen molar-refractivity contribution in [3.8, 4) is 0 Å². The zero-order valence-electron chi connectivity index (χ0n) is 7.15. The molecule has 0 aromatic heterocycles. The van der Waals surface area contributed by atoms with Crippen molar-refractivity contribution in [2.24, 2.45) is 0 Å². The van der Waals surface area contributed by atoms with E-state index >= 15 is 0 Å². The summed E-state index contributed by atoms with van der Waals surface area (Å²) in [5, 5.41) is 0. The standard InChI is InChI=1S/C8H12O4/c1-4-6(9)8-7(12-4)5(10-2)3-11-8/h4-5,7-8H,3H2,1-2H3/t4?,5-,7+,8+/m1/s1. The lowest BCUT2D eigenvalue weighted by Crippen LogP contribution is -2.30. The molecule has 4 nitrogen and oxygen atoms in total. The van der Waals surface area contributed by atoms with E-state index in [2.05, 4.69) is 0 Å². The van der Waals surface area contributed by atoms with Gasteiger partial charge in [-0.15, -0.1) is 0 Å². The fraction of sp³-hybridized carbons (Fsp3) is 0.875. The van der Waals surface area contributed by atoms with Crippen molar-refractivity contribution in [1.82, 2.24) is 0 Å². The van der Waals surface area contributed by atoms with Crippen LogP contribution in [-0.2, 0) is 19.0 Å². The molecule has 0 spiro atoms. The third-order valence-corrected chi connectivity index (χ3v) is 2.45. The van der Waals surface area contributed by atoms with E-state index in [0.717, 1.165) is 0 Å². The summed E-state index contributed by atoms with van der Waals surface area (Å²) in [6.45, 7) is 2.21. The lowest BCUT2D eigenvalue weighted by atomic mass is 10.1. The molecule has 68 valence electrons. The molecule has 0 bridgehead atoms. The molecular weight excluding hydrogens is 160 g/mol. The van der Waals surface area contributed by atoms with Gasteiger partial charge < -0.3 is 14.2 Å². The molecule has 2 fully saturated rings. The second-order valence-electron chi connectivity index (χ2n) is 3.17. The van der Waals surface area contributed by atoms with Crippen LogP contribution in [0.3, 0.4) is 0 Å². The van der Waals surface area contributed by atoms with E-state index < -0.39 is 0 Å². The van der Waals surface area contributed by atoms with Crippen LogP contribution < -0.4 is 0 Å². The van der Waals surface area contributed by atoms with E-state index in [4.69, 9.17) is 14.2 Å². The summed E-state index contributed by atoms with van der Waals surface area (Å²) in [5.74, 6) is 0.0413. The number of hydrogen-bond donors (Lipinski definition) is 0. The maximum atomic E-state index is 11.3. The number of carbonyl (C=O) groups is 1. The van der Waals surface area contributed by atoms with E-state index in [9.17, 15) is 4.79 Å². The van der Waals surface area contributed by atoms with Crippen LogP contribution in [0.5, 0.6) is 0 Å². The maximum absolute atomic E-state index is 11.3. The van der Waals surface area contributed by atoms with Crippen LogP contribution in [0.1, 0.15) is 6.92 Å². The Bertz CT molecular complexity index is 203. The molecule has 2 heterocycles. The second kappa shape index (κ2) is 2.80. The first-order valence-corrected chi connectivity index (χ1v) is 4.07. The summed E-state index contributed by atoms with van der Waals surface area (Å²) in [6.07, 6.45) is -0.982. The Morgan fingerprint density at radius 3 is 3.00 bits per heavy atom. The van der Waals surface area contributed by atoms with Gasteiger partial charge in [0, 0.05) is 7.11 Å². The maximum Gasteiger partial charge on any atom is 0.192 e. The topological polar surface area (TPSA) is 44.8 Å². The van der Waals surface area contributed by atoms with Gasteiger partial charge in [-0.05, 0) is 6.92 Å². The average Bonchev–Trinajstić information content (AvgIpc) is 2.55. The normalized spacial score (nSPS) is 46.7. The Labute approximate surface area is 70.8 Å². The van der Waals surface area contributed by atoms with E-state index in [-0.39, 0.29) is 30.2 Å². The number of hydrogen-bond acceptors (Lipinski definition) is 4. The zero-order chi connectivity index (χ0) is 8.72. The average molecular weight is 172 g/mol. The van der Waals surface area contributed by atoms with E-state index in [1.165, 1.54) is 0 Å². The molecule has 1 unspecified atom stereocenters. The number of rotatable bonds is 1. The van der Waals surface area contributed by atoms with Crippen molar-refractivity contribution in [3.05, 3.63) is 0 Å². The molecular formula is C8H12O4. The van der Waals surface area contributed by atoms with E-state index in [0.29, 0.717) is 6.61 Å². The third kappa shape index (κ3) is 0.990. The summed E-state index contributed by atoms with van der Waals surface area (Å²) in [4.78, 5) is 11.3. The molecule has 12 heavy (non-hydrogen) atoms. The number of ether oxygens (including phenoxy) is 3. The van der Waals surface area contributed by atoms with Gasteiger partial charge in [-0.2, -0.15) is 0 Å². The molecule has 0 N–H and O–H groups in total. The van der Waals surface area contributed by atoms with Crippen LogP contribution in [0.25, 0.3) is 0 Å². The summed E-state index contributed by atoms with van der Waals surface area (Å²) < 4.78 is 15.8. The fourth-order valence-corrected chi connectivity index (χ4v) is 1.72. The Morgan fingerprint density at radius 2 is 2.33 bits per heavy atom. The van der Waals surface area contributed by atoms with Crippen molar-refractivity contribution in [1.29, 1.82) is 0 Å². The Hall–Kier alpha value is -0.450. The predicted molar refractivity (Wildman–Crippen MR) is 39.9 cm³/mol. The summed E-state index contributed by atoms with van der Waals surface area (Å²) in [7, 11) is 1.60. The van der Waals surface area contributed by atoms with Crippen molar-refractivity contribution < 1.29 is 19.0 Å². The summed E-state index contributed by atoms with van der Waals surface area (Å²) in [5.41, 5.74) is 0. The van der Waals surface area contributed by atoms with E-state index in [1.54, 1.807) is 14.0 Å². The second-order valence-corrected chi connectivity index (χ2v) is 3.17. The van der Waals surface area contributed by atoms with Gasteiger partial charge in [0.2, 0.25) is 0 Å². The van der Waals surface area contributed by atoms with Gasteiger partial charge in [-0.3, -0.25) is 4.79 Å². The minimum absolute atomic E-state index is 0.0413. The SMILES string of the molecule is CO[C@@H]1CO[C@H]2C(=O)C(C)O[C@@H]12. The Kier molecular flexibility index (Phi) is 1.90. The first kappa shape index (κ1) is 8.16. The predicted octanol–water partition coefficient (Wildman–Crippen LogP) is -0.243. The molecule has 2 aliphatic heterocycles. The van der Waals surface area contributed by atoms with Gasteiger partial charge in [0.25, 0.3) is 0 Å². The molecule has 0 amide bonds. The van der Waals surface area contributed by atoms with Gasteiger partial charge in [0.1, 0.15) is 24.4 Å². The van der Waals surface area contributed by atoms with Crippen LogP contribution in [0.4, 0.5) is 0 Å². The number of ketones is 1. The van der Waals surface area contributed by atoms with Crippen LogP contribution in [0, 0.1) is 0 Å². The molecule has 0 radical (unpaired) electrons. The summed E-state index contributed by atoms with van der Waals surface area (Å²) in [6, 6.07) is 0. The van der Waals surface area contributed by atoms with Crippen LogP contribution in [0.2, 0.25) is 0 Å². The number of methoxy groups -OCH3 is 1. The van der Waals surface area contributed by atoms with Crippen molar-refractivity contribution >= 4 is 5.78 Å². The smallest absolute Gasteiger partial charge is 0.192 e. The largest absolute Gasteiger partial charge is 0.376 e. The molecule has 0 saturated carbocycles. The highest BCUT2D eigenvalue weighted by Crippen LogP contribution is 2.29. The van der Waals surface area contributed by atoms with Gasteiger partial charge in [-0.25, -0.2) is 0 Å². The van der Waals surface area contributed by atoms with Gasteiger partial charge >= 0.3 is 0 Å². The Balaban J connectivity index is 2.13. The third-order valence-electron chi connectivity index (χ3n) is 2.45. The molecule has 0 aliphatic carbocycles. The van der Waals surface area contributed by atoms with Crippen LogP contribution >= 0.6 is 0 Å². The first-order chi connectivity index (χ1) is 5.74. The van der Waals surface area contributed by atoms with E-state index in [1.807, 2.05) is 0 Å². The molecule has 2 aliphatic rings. The molecule has 4 heteroatoms. The molecule has 4 atom stereocenters. The van der Waals surface area contributed by atoms with Gasteiger partial charge in [0.05, 0.1) is 6.61 Å². The van der Waals surface area contributed by atoms with Gasteiger partial charge in [0.15, 0.2) is 5.78 Å². The highest BCUT2D eigenvalue weighted by molar-refractivity contribution is 5.89. The lowest BCUT2D eigenvalue weighted by Gasteiger charge is -2.13. The molecule has 2 saturated heterocycles.